The van der Waals surface area contributed by atoms with Gasteiger partial charge in [0.25, 0.3) is 0 Å². The number of carboxylic acid groups (broad SMARTS) is 1. The molecule has 1 amide bonds. The summed E-state index contributed by atoms with van der Waals surface area (Å²) in [4.78, 5) is 23.0. The molecule has 4 nitrogen and oxygen atoms in total. The Morgan fingerprint density at radius 3 is 2.70 bits per heavy atom. The molecule has 20 heavy (non-hydrogen) atoms. The molecule has 0 saturated carbocycles. The Kier molecular flexibility index (Phi) is 7.15. The summed E-state index contributed by atoms with van der Waals surface area (Å²) in [5.41, 5.74) is 0.740. The zero-order chi connectivity index (χ0) is 15.0. The molecule has 110 valence electrons. The van der Waals surface area contributed by atoms with Gasteiger partial charge in [-0.25, -0.2) is 4.79 Å². The van der Waals surface area contributed by atoms with Crippen molar-refractivity contribution >= 4 is 23.6 Å². The third-order valence-electron chi connectivity index (χ3n) is 2.91. The second-order valence-corrected chi connectivity index (χ2v) is 5.99. The number of carbonyl (C=O) groups excluding carboxylic acids is 1. The number of hydrogen-bond donors (Lipinski definition) is 2. The zero-order valence-corrected chi connectivity index (χ0v) is 12.7. The Bertz CT molecular complexity index is 462. The largest absolute Gasteiger partial charge is 0.478 e. The third-order valence-corrected chi connectivity index (χ3v) is 3.84. The topological polar surface area (TPSA) is 66.4 Å². The van der Waals surface area contributed by atoms with Crippen LogP contribution in [0.15, 0.2) is 24.3 Å². The normalized spacial score (nSPS) is 11.9. The van der Waals surface area contributed by atoms with E-state index in [4.69, 9.17) is 5.11 Å². The summed E-state index contributed by atoms with van der Waals surface area (Å²) < 4.78 is 0. The van der Waals surface area contributed by atoms with Crippen LogP contribution in [0.25, 0.3) is 0 Å². The lowest BCUT2D eigenvalue weighted by Gasteiger charge is -2.14. The van der Waals surface area contributed by atoms with Crippen LogP contribution in [0, 0.1) is 0 Å². The predicted octanol–water partition coefficient (Wildman–Crippen LogP) is 2.58. The van der Waals surface area contributed by atoms with E-state index in [-0.39, 0.29) is 23.9 Å². The second-order valence-electron chi connectivity index (χ2n) is 4.59. The average molecular weight is 295 g/mol. The first-order valence-electron chi connectivity index (χ1n) is 6.73. The molecule has 0 aromatic heterocycles. The molecule has 1 atom stereocenters. The standard InChI is InChI=1S/C15H21NO3S/c1-3-20-9-8-11(2)16-14(17)10-12-6-4-5-7-13(12)15(18)19/h4-7,11H,3,8-10H2,1-2H3,(H,16,17)(H,18,19). The van der Waals surface area contributed by atoms with E-state index in [2.05, 4.69) is 12.2 Å². The molecule has 2 N–H and O–H groups in total. The fourth-order valence-corrected chi connectivity index (χ4v) is 2.67. The Morgan fingerprint density at radius 2 is 2.05 bits per heavy atom. The van der Waals surface area contributed by atoms with Crippen molar-refractivity contribution in [3.05, 3.63) is 35.4 Å². The van der Waals surface area contributed by atoms with Crippen LogP contribution in [0.4, 0.5) is 0 Å². The van der Waals surface area contributed by atoms with Crippen molar-refractivity contribution in [2.45, 2.75) is 32.7 Å². The van der Waals surface area contributed by atoms with Crippen molar-refractivity contribution in [1.29, 1.82) is 0 Å². The fourth-order valence-electron chi connectivity index (χ4n) is 1.86. The van der Waals surface area contributed by atoms with Gasteiger partial charge in [-0.1, -0.05) is 25.1 Å². The number of benzene rings is 1. The highest BCUT2D eigenvalue weighted by atomic mass is 32.2. The van der Waals surface area contributed by atoms with Gasteiger partial charge < -0.3 is 10.4 Å². The minimum atomic E-state index is -0.999. The van der Waals surface area contributed by atoms with Crippen molar-refractivity contribution in [3.63, 3.8) is 0 Å². The Morgan fingerprint density at radius 1 is 1.35 bits per heavy atom. The van der Waals surface area contributed by atoms with E-state index in [9.17, 15) is 9.59 Å². The number of carboxylic acids is 1. The minimum Gasteiger partial charge on any atom is -0.478 e. The van der Waals surface area contributed by atoms with Crippen molar-refractivity contribution in [2.24, 2.45) is 0 Å². The van der Waals surface area contributed by atoms with Gasteiger partial charge in [-0.2, -0.15) is 11.8 Å². The van der Waals surface area contributed by atoms with Crippen molar-refractivity contribution < 1.29 is 14.7 Å². The molecule has 0 aliphatic rings. The van der Waals surface area contributed by atoms with E-state index in [1.54, 1.807) is 18.2 Å². The first-order valence-corrected chi connectivity index (χ1v) is 7.88. The average Bonchev–Trinajstić information content (AvgIpc) is 2.39. The number of amides is 1. The first kappa shape index (κ1) is 16.6. The van der Waals surface area contributed by atoms with E-state index in [1.807, 2.05) is 18.7 Å². The smallest absolute Gasteiger partial charge is 0.335 e. The van der Waals surface area contributed by atoms with E-state index >= 15 is 0 Å². The molecule has 1 aromatic carbocycles. The molecule has 0 spiro atoms. The maximum Gasteiger partial charge on any atom is 0.335 e. The van der Waals surface area contributed by atoms with Crippen LogP contribution < -0.4 is 5.32 Å². The highest BCUT2D eigenvalue weighted by Gasteiger charge is 2.13. The van der Waals surface area contributed by atoms with Crippen LogP contribution in [0.1, 0.15) is 36.2 Å². The molecule has 1 unspecified atom stereocenters. The molecule has 0 saturated heterocycles. The molecule has 0 fully saturated rings. The van der Waals surface area contributed by atoms with E-state index in [0.717, 1.165) is 17.9 Å². The Balaban J connectivity index is 2.52. The van der Waals surface area contributed by atoms with Crippen LogP contribution in [0.3, 0.4) is 0 Å². The molecule has 0 heterocycles. The van der Waals surface area contributed by atoms with Gasteiger partial charge >= 0.3 is 5.97 Å². The summed E-state index contributed by atoms with van der Waals surface area (Å²) in [7, 11) is 0. The summed E-state index contributed by atoms with van der Waals surface area (Å²) in [6, 6.07) is 6.72. The van der Waals surface area contributed by atoms with Crippen LogP contribution in [-0.4, -0.2) is 34.5 Å². The Hall–Kier alpha value is -1.49. The van der Waals surface area contributed by atoms with Gasteiger partial charge in [0.1, 0.15) is 0 Å². The number of rotatable bonds is 8. The molecule has 1 rings (SSSR count). The van der Waals surface area contributed by atoms with Crippen molar-refractivity contribution in [2.75, 3.05) is 11.5 Å². The lowest BCUT2D eigenvalue weighted by molar-refractivity contribution is -0.121. The molecule has 5 heteroatoms. The third kappa shape index (κ3) is 5.65. The number of hydrogen-bond acceptors (Lipinski definition) is 3. The molecule has 0 aliphatic heterocycles. The van der Waals surface area contributed by atoms with Crippen molar-refractivity contribution in [1.82, 2.24) is 5.32 Å². The van der Waals surface area contributed by atoms with E-state index in [0.29, 0.717) is 5.56 Å². The molecular formula is C15H21NO3S. The van der Waals surface area contributed by atoms with E-state index < -0.39 is 5.97 Å². The molecule has 0 aliphatic carbocycles. The van der Waals surface area contributed by atoms with Crippen LogP contribution in [-0.2, 0) is 11.2 Å². The monoisotopic (exact) mass is 295 g/mol. The lowest BCUT2D eigenvalue weighted by atomic mass is 10.0. The first-order chi connectivity index (χ1) is 9.54. The number of thioether (sulfide) groups is 1. The van der Waals surface area contributed by atoms with Crippen LogP contribution >= 0.6 is 11.8 Å². The van der Waals surface area contributed by atoms with Gasteiger partial charge in [0.05, 0.1) is 12.0 Å². The summed E-state index contributed by atoms with van der Waals surface area (Å²) in [5, 5.41) is 12.0. The van der Waals surface area contributed by atoms with Gasteiger partial charge in [0.15, 0.2) is 0 Å². The molecular weight excluding hydrogens is 274 g/mol. The Labute approximate surface area is 124 Å². The maximum absolute atomic E-state index is 11.9. The number of carbonyl (C=O) groups is 2. The van der Waals surface area contributed by atoms with Crippen molar-refractivity contribution in [3.8, 4) is 0 Å². The minimum absolute atomic E-state index is 0.105. The highest BCUT2D eigenvalue weighted by Crippen LogP contribution is 2.10. The predicted molar refractivity (Wildman–Crippen MR) is 82.3 cm³/mol. The molecule has 0 radical (unpaired) electrons. The zero-order valence-electron chi connectivity index (χ0n) is 11.9. The number of nitrogens with one attached hydrogen (secondary N) is 1. The SMILES string of the molecule is CCSCCC(C)NC(=O)Cc1ccccc1C(=O)O. The van der Waals surface area contributed by atoms with Crippen LogP contribution in [0.2, 0.25) is 0 Å². The summed E-state index contributed by atoms with van der Waals surface area (Å²) >= 11 is 1.84. The highest BCUT2D eigenvalue weighted by molar-refractivity contribution is 7.99. The molecule has 1 aromatic rings. The van der Waals surface area contributed by atoms with Gasteiger partial charge in [-0.15, -0.1) is 0 Å². The summed E-state index contributed by atoms with van der Waals surface area (Å²) in [5.74, 6) is 0.963. The molecule has 0 bridgehead atoms. The number of aromatic carboxylic acids is 1. The summed E-state index contributed by atoms with van der Waals surface area (Å²) in [6.45, 7) is 4.08. The van der Waals surface area contributed by atoms with E-state index in [1.165, 1.54) is 6.07 Å². The van der Waals surface area contributed by atoms with Gasteiger partial charge in [0, 0.05) is 6.04 Å². The lowest BCUT2D eigenvalue weighted by Crippen LogP contribution is -2.34. The van der Waals surface area contributed by atoms with Gasteiger partial charge in [-0.05, 0) is 36.5 Å². The maximum atomic E-state index is 11.9. The second kappa shape index (κ2) is 8.64. The summed E-state index contributed by atoms with van der Waals surface area (Å²) in [6.07, 6.45) is 1.03. The van der Waals surface area contributed by atoms with Gasteiger partial charge in [-0.3, -0.25) is 4.79 Å². The fraction of sp³-hybridized carbons (Fsp3) is 0.467. The van der Waals surface area contributed by atoms with Crippen LogP contribution in [0.5, 0.6) is 0 Å². The van der Waals surface area contributed by atoms with Gasteiger partial charge in [0.2, 0.25) is 5.91 Å². The quantitative estimate of drug-likeness (QED) is 0.723.